The Hall–Kier alpha value is -6.80. The molecule has 0 spiro atoms. The second-order valence-electron chi connectivity index (χ2n) is 12.2. The number of hydrogen-bond donors (Lipinski definition) is 2. The van der Waals surface area contributed by atoms with Crippen molar-refractivity contribution >= 4 is 65.7 Å². The zero-order valence-corrected chi connectivity index (χ0v) is 25.2. The Kier molecular flexibility index (Phi) is 4.96. The normalized spacial score (nSPS) is 12.2. The fourth-order valence-corrected chi connectivity index (χ4v) is 7.06. The molecule has 222 valence electrons. The van der Waals surface area contributed by atoms with E-state index in [0.29, 0.717) is 45.9 Å². The van der Waals surface area contributed by atoms with Gasteiger partial charge in [0.15, 0.2) is 23.3 Å². The van der Waals surface area contributed by atoms with Crippen LogP contribution in [0.5, 0.6) is 0 Å². The summed E-state index contributed by atoms with van der Waals surface area (Å²) in [5.74, 6) is 2.35. The number of aromatic nitrogens is 8. The number of hydrogen-bond acceptors (Lipinski definition) is 6. The van der Waals surface area contributed by atoms with Crippen LogP contribution in [0.4, 0.5) is 0 Å². The summed E-state index contributed by atoms with van der Waals surface area (Å²) in [5.41, 5.74) is 6.38. The minimum atomic E-state index is 0.588. The summed E-state index contributed by atoms with van der Waals surface area (Å²) in [6.45, 7) is 0. The predicted octanol–water partition coefficient (Wildman–Crippen LogP) is 9.18. The third-order valence-electron chi connectivity index (χ3n) is 9.38. The van der Waals surface area contributed by atoms with Gasteiger partial charge < -0.3 is 9.97 Å². The summed E-state index contributed by atoms with van der Waals surface area (Å²) >= 11 is 0. The average molecular weight is 615 g/mol. The van der Waals surface area contributed by atoms with Crippen molar-refractivity contribution in [3.63, 3.8) is 0 Å². The van der Waals surface area contributed by atoms with Gasteiger partial charge in [-0.1, -0.05) is 97.1 Å². The number of rotatable bonds is 0. The first-order valence-corrected chi connectivity index (χ1v) is 15.8. The molecule has 0 radical (unpaired) electrons. The van der Waals surface area contributed by atoms with Gasteiger partial charge in [0, 0.05) is 43.8 Å². The molecule has 3 aromatic heterocycles. The fraction of sp³-hybridized carbons (Fsp3) is 0. The molecule has 6 aromatic carbocycles. The first-order valence-electron chi connectivity index (χ1n) is 15.8. The monoisotopic (exact) mass is 614 g/mol. The minimum Gasteiger partial charge on any atom is -0.324 e. The molecule has 48 heavy (non-hydrogen) atoms. The third-order valence-corrected chi connectivity index (χ3v) is 9.38. The molecule has 5 heterocycles. The molecule has 0 fully saturated rings. The SMILES string of the molecule is c1ccc2c(c1)-c1nc-2nc2[nH]c(nc3nc(nc4[nH]c(n1)c1cc5ccccc5cc41)-c1ccccc1-3)c1cc3ccccc3cc21. The van der Waals surface area contributed by atoms with Crippen LogP contribution in [-0.4, -0.2) is 39.9 Å². The molecule has 2 aliphatic heterocycles. The molecule has 0 saturated heterocycles. The molecule has 8 bridgehead atoms. The molecule has 0 amide bonds. The lowest BCUT2D eigenvalue weighted by molar-refractivity contribution is 1.19. The maximum absolute atomic E-state index is 5.16. The Morgan fingerprint density at radius 2 is 0.542 bits per heavy atom. The zero-order chi connectivity index (χ0) is 31.3. The van der Waals surface area contributed by atoms with Crippen LogP contribution in [-0.2, 0) is 0 Å². The largest absolute Gasteiger partial charge is 0.324 e. The fourth-order valence-electron chi connectivity index (χ4n) is 7.06. The van der Waals surface area contributed by atoms with Crippen LogP contribution in [0, 0.1) is 0 Å². The highest BCUT2D eigenvalue weighted by Crippen LogP contribution is 2.38. The number of nitrogens with one attached hydrogen (secondary N) is 2. The maximum atomic E-state index is 5.16. The lowest BCUT2D eigenvalue weighted by atomic mass is 10.1. The van der Waals surface area contributed by atoms with E-state index in [1.807, 2.05) is 72.8 Å². The molecule has 0 saturated carbocycles. The van der Waals surface area contributed by atoms with E-state index in [1.165, 1.54) is 0 Å². The van der Waals surface area contributed by atoms with Crippen molar-refractivity contribution < 1.29 is 0 Å². The van der Waals surface area contributed by atoms with Gasteiger partial charge in [0.25, 0.3) is 0 Å². The molecule has 0 unspecified atom stereocenters. The lowest BCUT2D eigenvalue weighted by Crippen LogP contribution is -1.82. The summed E-state index contributed by atoms with van der Waals surface area (Å²) in [7, 11) is 0. The molecule has 9 aromatic rings. The molecule has 8 nitrogen and oxygen atoms in total. The van der Waals surface area contributed by atoms with Gasteiger partial charge in [-0.3, -0.25) is 0 Å². The van der Waals surface area contributed by atoms with Gasteiger partial charge in [0.05, 0.1) is 0 Å². The molecule has 11 rings (SSSR count). The van der Waals surface area contributed by atoms with Gasteiger partial charge in [0.1, 0.15) is 22.6 Å². The van der Waals surface area contributed by atoms with Gasteiger partial charge in [-0.2, -0.15) is 0 Å². The highest BCUT2D eigenvalue weighted by molar-refractivity contribution is 6.12. The highest BCUT2D eigenvalue weighted by atomic mass is 15.1. The summed E-state index contributed by atoms with van der Waals surface area (Å²) in [6.07, 6.45) is 0. The van der Waals surface area contributed by atoms with E-state index in [4.69, 9.17) is 29.9 Å². The topological polar surface area (TPSA) is 109 Å². The van der Waals surface area contributed by atoms with Crippen LogP contribution in [0.1, 0.15) is 0 Å². The van der Waals surface area contributed by atoms with Crippen molar-refractivity contribution in [2.24, 2.45) is 0 Å². The third kappa shape index (κ3) is 3.65. The summed E-state index contributed by atoms with van der Waals surface area (Å²) in [6, 6.07) is 41.5. The van der Waals surface area contributed by atoms with Gasteiger partial charge in [-0.25, -0.2) is 29.9 Å². The van der Waals surface area contributed by atoms with E-state index >= 15 is 0 Å². The molecule has 2 N–H and O–H groups in total. The van der Waals surface area contributed by atoms with Crippen LogP contribution in [0.25, 0.3) is 111 Å². The van der Waals surface area contributed by atoms with E-state index in [2.05, 4.69) is 58.5 Å². The molecule has 8 heteroatoms. The van der Waals surface area contributed by atoms with Crippen molar-refractivity contribution in [2.75, 3.05) is 0 Å². The van der Waals surface area contributed by atoms with Crippen molar-refractivity contribution in [2.45, 2.75) is 0 Å². The van der Waals surface area contributed by atoms with Crippen molar-refractivity contribution in [3.8, 4) is 45.6 Å². The van der Waals surface area contributed by atoms with Crippen LogP contribution < -0.4 is 0 Å². The minimum absolute atomic E-state index is 0.588. The van der Waals surface area contributed by atoms with E-state index < -0.39 is 0 Å². The van der Waals surface area contributed by atoms with Crippen molar-refractivity contribution in [1.82, 2.24) is 39.9 Å². The van der Waals surface area contributed by atoms with Crippen molar-refractivity contribution in [3.05, 3.63) is 121 Å². The molecule has 0 aliphatic carbocycles. The summed E-state index contributed by atoms with van der Waals surface area (Å²) in [5, 5.41) is 8.29. The molecular formula is C40H22N8. The Bertz CT molecular complexity index is 2630. The van der Waals surface area contributed by atoms with Gasteiger partial charge in [-0.15, -0.1) is 0 Å². The number of H-pyrrole nitrogens is 2. The first kappa shape index (κ1) is 25.4. The van der Waals surface area contributed by atoms with Crippen LogP contribution in [0.2, 0.25) is 0 Å². The zero-order valence-electron chi connectivity index (χ0n) is 25.2. The average Bonchev–Trinajstić information content (AvgIpc) is 3.85. The van der Waals surface area contributed by atoms with Gasteiger partial charge >= 0.3 is 0 Å². The van der Waals surface area contributed by atoms with Crippen molar-refractivity contribution in [1.29, 1.82) is 0 Å². The van der Waals surface area contributed by atoms with Crippen LogP contribution >= 0.6 is 0 Å². The number of nitrogens with zero attached hydrogens (tertiary/aromatic N) is 6. The Balaban J connectivity index is 1.36. The number of aromatic amines is 2. The second kappa shape index (κ2) is 9.37. The van der Waals surface area contributed by atoms with E-state index in [0.717, 1.165) is 65.3 Å². The Labute approximate surface area is 271 Å². The molecular weight excluding hydrogens is 592 g/mol. The molecule has 2 aliphatic rings. The quantitative estimate of drug-likeness (QED) is 0.176. The first-order chi connectivity index (χ1) is 23.7. The predicted molar refractivity (Wildman–Crippen MR) is 191 cm³/mol. The highest BCUT2D eigenvalue weighted by Gasteiger charge is 2.22. The van der Waals surface area contributed by atoms with E-state index in [-0.39, 0.29) is 0 Å². The Morgan fingerprint density at radius 1 is 0.292 bits per heavy atom. The summed E-state index contributed by atoms with van der Waals surface area (Å²) < 4.78 is 0. The smallest absolute Gasteiger partial charge is 0.164 e. The van der Waals surface area contributed by atoms with E-state index in [9.17, 15) is 0 Å². The number of benzene rings is 6. The van der Waals surface area contributed by atoms with Gasteiger partial charge in [0.2, 0.25) is 0 Å². The van der Waals surface area contributed by atoms with Crippen LogP contribution in [0.3, 0.4) is 0 Å². The maximum Gasteiger partial charge on any atom is 0.164 e. The van der Waals surface area contributed by atoms with Crippen LogP contribution in [0.15, 0.2) is 121 Å². The number of fused-ring (bicyclic) bond motifs is 22. The summed E-state index contributed by atoms with van der Waals surface area (Å²) in [4.78, 5) is 37.8. The van der Waals surface area contributed by atoms with E-state index in [1.54, 1.807) is 0 Å². The molecule has 0 atom stereocenters. The second-order valence-corrected chi connectivity index (χ2v) is 12.2. The lowest BCUT2D eigenvalue weighted by Gasteiger charge is -1.99. The standard InChI is InChI=1S/C40H22N8/c1-2-10-22-18-30-29(17-21(22)9-1)37-43-33-25-13-5-6-14-26(25)35(41-33)45-39-31-19-23-11-3-4-12-24(23)20-32(31)40(48-39)46-36-28-16-8-7-15-27(28)34(42-36)44-38(30)47-37/h1-20H,(H2,41,42,43,44,45,46,47,48). The Morgan fingerprint density at radius 3 is 0.812 bits per heavy atom. The van der Waals surface area contributed by atoms with Gasteiger partial charge in [-0.05, 0) is 45.8 Å².